The van der Waals surface area contributed by atoms with Gasteiger partial charge in [0.2, 0.25) is 0 Å². The Labute approximate surface area is 137 Å². The summed E-state index contributed by atoms with van der Waals surface area (Å²) in [6, 6.07) is 10.3. The van der Waals surface area contributed by atoms with Crippen LogP contribution < -0.4 is 14.8 Å². The maximum absolute atomic E-state index is 5.85. The first-order valence-electron chi connectivity index (χ1n) is 7.86. The van der Waals surface area contributed by atoms with Crippen LogP contribution in [0.4, 0.5) is 0 Å². The van der Waals surface area contributed by atoms with Gasteiger partial charge in [-0.05, 0) is 42.1 Å². The van der Waals surface area contributed by atoms with E-state index in [2.05, 4.69) is 35.8 Å². The van der Waals surface area contributed by atoms with Crippen molar-refractivity contribution in [2.75, 3.05) is 13.7 Å². The molecule has 0 aliphatic rings. The van der Waals surface area contributed by atoms with Crippen molar-refractivity contribution in [3.63, 3.8) is 0 Å². The molecule has 2 rings (SSSR count). The lowest BCUT2D eigenvalue weighted by Crippen LogP contribution is -2.14. The second kappa shape index (κ2) is 9.49. The zero-order chi connectivity index (χ0) is 15.6. The monoisotopic (exact) mass is 319 g/mol. The van der Waals surface area contributed by atoms with Crippen LogP contribution in [0.15, 0.2) is 35.7 Å². The molecule has 0 spiro atoms. The van der Waals surface area contributed by atoms with Crippen LogP contribution in [0.2, 0.25) is 0 Å². The fourth-order valence-corrected chi connectivity index (χ4v) is 2.83. The van der Waals surface area contributed by atoms with E-state index < -0.39 is 0 Å². The molecule has 1 aromatic heterocycles. The molecule has 0 aliphatic carbocycles. The highest BCUT2D eigenvalue weighted by atomic mass is 32.1. The highest BCUT2D eigenvalue weighted by molar-refractivity contribution is 7.09. The lowest BCUT2D eigenvalue weighted by atomic mass is 10.2. The van der Waals surface area contributed by atoms with Gasteiger partial charge >= 0.3 is 0 Å². The molecule has 22 heavy (non-hydrogen) atoms. The minimum Gasteiger partial charge on any atom is -0.493 e. The minimum absolute atomic E-state index is 0.586. The van der Waals surface area contributed by atoms with Crippen LogP contribution in [0, 0.1) is 0 Å². The van der Waals surface area contributed by atoms with E-state index in [4.69, 9.17) is 9.47 Å². The third kappa shape index (κ3) is 5.35. The standard InChI is InChI=1S/C18H25NO2S/c1-3-4-5-10-19-13-15-8-9-17(18(12-15)20-2)21-14-16-7-6-11-22-16/h6-9,11-12,19H,3-5,10,13-14H2,1-2H3. The van der Waals surface area contributed by atoms with Crippen molar-refractivity contribution in [1.29, 1.82) is 0 Å². The molecule has 0 radical (unpaired) electrons. The number of ether oxygens (including phenoxy) is 2. The Kier molecular flexibility index (Phi) is 7.26. The summed E-state index contributed by atoms with van der Waals surface area (Å²) in [4.78, 5) is 1.21. The molecule has 1 aromatic carbocycles. The van der Waals surface area contributed by atoms with Gasteiger partial charge in [-0.25, -0.2) is 0 Å². The Morgan fingerprint density at radius 1 is 1.14 bits per heavy atom. The maximum atomic E-state index is 5.85. The molecule has 0 bridgehead atoms. The molecule has 1 heterocycles. The molecule has 0 fully saturated rings. The van der Waals surface area contributed by atoms with Crippen molar-refractivity contribution >= 4 is 11.3 Å². The highest BCUT2D eigenvalue weighted by Gasteiger charge is 2.06. The van der Waals surface area contributed by atoms with Gasteiger partial charge in [-0.15, -0.1) is 11.3 Å². The Hall–Kier alpha value is -1.52. The van der Waals surface area contributed by atoms with E-state index in [1.54, 1.807) is 18.4 Å². The third-order valence-electron chi connectivity index (χ3n) is 3.46. The van der Waals surface area contributed by atoms with Gasteiger partial charge in [0.15, 0.2) is 11.5 Å². The van der Waals surface area contributed by atoms with E-state index in [9.17, 15) is 0 Å². The average molecular weight is 319 g/mol. The molecular weight excluding hydrogens is 294 g/mol. The molecule has 1 N–H and O–H groups in total. The molecule has 0 amide bonds. The SMILES string of the molecule is CCCCCNCc1ccc(OCc2cccs2)c(OC)c1. The smallest absolute Gasteiger partial charge is 0.161 e. The summed E-state index contributed by atoms with van der Waals surface area (Å²) in [5.41, 5.74) is 1.22. The molecule has 0 aliphatic heterocycles. The zero-order valence-electron chi connectivity index (χ0n) is 13.4. The molecule has 3 nitrogen and oxygen atoms in total. The third-order valence-corrected chi connectivity index (χ3v) is 4.31. The molecule has 0 saturated carbocycles. The van der Waals surface area contributed by atoms with Crippen LogP contribution in [0.5, 0.6) is 11.5 Å². The van der Waals surface area contributed by atoms with E-state index in [0.717, 1.165) is 24.6 Å². The van der Waals surface area contributed by atoms with Crippen molar-refractivity contribution in [1.82, 2.24) is 5.32 Å². The fourth-order valence-electron chi connectivity index (χ4n) is 2.22. The average Bonchev–Trinajstić information content (AvgIpc) is 3.06. The highest BCUT2D eigenvalue weighted by Crippen LogP contribution is 2.29. The predicted octanol–water partition coefficient (Wildman–Crippen LogP) is 4.62. The second-order valence-electron chi connectivity index (χ2n) is 5.24. The van der Waals surface area contributed by atoms with Crippen molar-refractivity contribution in [2.24, 2.45) is 0 Å². The summed E-state index contributed by atoms with van der Waals surface area (Å²) < 4.78 is 11.3. The number of nitrogens with one attached hydrogen (secondary N) is 1. The molecule has 120 valence electrons. The second-order valence-corrected chi connectivity index (χ2v) is 6.27. The number of benzene rings is 1. The molecule has 4 heteroatoms. The van der Waals surface area contributed by atoms with Crippen molar-refractivity contribution in [3.05, 3.63) is 46.2 Å². The summed E-state index contributed by atoms with van der Waals surface area (Å²) in [6.07, 6.45) is 3.77. The number of unbranched alkanes of at least 4 members (excludes halogenated alkanes) is 2. The van der Waals surface area contributed by atoms with E-state index in [0.29, 0.717) is 6.61 Å². The van der Waals surface area contributed by atoms with Crippen molar-refractivity contribution in [3.8, 4) is 11.5 Å². The quantitative estimate of drug-likeness (QED) is 0.648. The maximum Gasteiger partial charge on any atom is 0.161 e. The van der Waals surface area contributed by atoms with Gasteiger partial charge in [-0.3, -0.25) is 0 Å². The van der Waals surface area contributed by atoms with Crippen LogP contribution in [0.25, 0.3) is 0 Å². The lowest BCUT2D eigenvalue weighted by Gasteiger charge is -2.12. The Morgan fingerprint density at radius 2 is 2.05 bits per heavy atom. The van der Waals surface area contributed by atoms with Crippen LogP contribution >= 0.6 is 11.3 Å². The Morgan fingerprint density at radius 3 is 2.77 bits per heavy atom. The van der Waals surface area contributed by atoms with Crippen LogP contribution in [0.3, 0.4) is 0 Å². The van der Waals surface area contributed by atoms with Crippen LogP contribution in [-0.2, 0) is 13.2 Å². The van der Waals surface area contributed by atoms with Gasteiger partial charge in [0.05, 0.1) is 7.11 Å². The summed E-state index contributed by atoms with van der Waals surface area (Å²) in [7, 11) is 1.69. The summed E-state index contributed by atoms with van der Waals surface area (Å²) in [5, 5.41) is 5.53. The molecule has 0 unspecified atom stereocenters. The van der Waals surface area contributed by atoms with E-state index in [-0.39, 0.29) is 0 Å². The molecule has 0 atom stereocenters. The Bertz CT molecular complexity index is 540. The van der Waals surface area contributed by atoms with Crippen LogP contribution in [0.1, 0.15) is 36.6 Å². The number of hydrogen-bond acceptors (Lipinski definition) is 4. The van der Waals surface area contributed by atoms with Gasteiger partial charge < -0.3 is 14.8 Å². The summed E-state index contributed by atoms with van der Waals surface area (Å²) in [6.45, 7) is 4.74. The van der Waals surface area contributed by atoms with Gasteiger partial charge in [0, 0.05) is 11.4 Å². The lowest BCUT2D eigenvalue weighted by molar-refractivity contribution is 0.287. The largest absolute Gasteiger partial charge is 0.493 e. The fraction of sp³-hybridized carbons (Fsp3) is 0.444. The topological polar surface area (TPSA) is 30.5 Å². The van der Waals surface area contributed by atoms with Gasteiger partial charge in [-0.2, -0.15) is 0 Å². The number of hydrogen-bond donors (Lipinski definition) is 1. The van der Waals surface area contributed by atoms with Crippen LogP contribution in [-0.4, -0.2) is 13.7 Å². The first-order chi connectivity index (χ1) is 10.8. The molecule has 0 saturated heterocycles. The molecule has 2 aromatic rings. The normalized spacial score (nSPS) is 10.6. The van der Waals surface area contributed by atoms with E-state index >= 15 is 0 Å². The first kappa shape index (κ1) is 16.8. The number of methoxy groups -OCH3 is 1. The number of thiophene rings is 1. The van der Waals surface area contributed by atoms with E-state index in [1.165, 1.54) is 29.7 Å². The Balaban J connectivity index is 1.86. The molecular formula is C18H25NO2S. The summed E-state index contributed by atoms with van der Waals surface area (Å²) >= 11 is 1.70. The minimum atomic E-state index is 0.586. The van der Waals surface area contributed by atoms with E-state index in [1.807, 2.05) is 12.1 Å². The summed E-state index contributed by atoms with van der Waals surface area (Å²) in [5.74, 6) is 1.59. The van der Waals surface area contributed by atoms with Crippen molar-refractivity contribution in [2.45, 2.75) is 39.3 Å². The van der Waals surface area contributed by atoms with Crippen molar-refractivity contribution < 1.29 is 9.47 Å². The van der Waals surface area contributed by atoms with Gasteiger partial charge in [-0.1, -0.05) is 31.9 Å². The first-order valence-corrected chi connectivity index (χ1v) is 8.74. The zero-order valence-corrected chi connectivity index (χ0v) is 14.2. The number of rotatable bonds is 10. The predicted molar refractivity (Wildman–Crippen MR) is 92.9 cm³/mol. The van der Waals surface area contributed by atoms with Gasteiger partial charge in [0.1, 0.15) is 6.61 Å². The van der Waals surface area contributed by atoms with Gasteiger partial charge in [0.25, 0.3) is 0 Å².